The lowest BCUT2D eigenvalue weighted by atomic mass is 9.99. The molecule has 2 aromatic rings. The van der Waals surface area contributed by atoms with Gasteiger partial charge in [-0.15, -0.1) is 0 Å². The third-order valence-electron chi connectivity index (χ3n) is 2.66. The molecule has 1 nitrogen and oxygen atoms in total. The van der Waals surface area contributed by atoms with Crippen molar-refractivity contribution in [3.63, 3.8) is 0 Å². The summed E-state index contributed by atoms with van der Waals surface area (Å²) in [5.41, 5.74) is 3.73. The molecule has 0 aromatic heterocycles. The topological polar surface area (TPSA) is 17.1 Å². The van der Waals surface area contributed by atoms with Crippen LogP contribution in [0.4, 0.5) is 0 Å². The van der Waals surface area contributed by atoms with Gasteiger partial charge in [0.25, 0.3) is 0 Å². The summed E-state index contributed by atoms with van der Waals surface area (Å²) in [6.07, 6.45) is 0. The molecule has 0 atom stereocenters. The first-order chi connectivity index (χ1) is 8.47. The zero-order valence-electron chi connectivity index (χ0n) is 10.1. The van der Waals surface area contributed by atoms with Gasteiger partial charge in [-0.1, -0.05) is 33.1 Å². The molecule has 92 valence electrons. The Balaban J connectivity index is 2.51. The highest BCUT2D eigenvalue weighted by Crippen LogP contribution is 2.22. The van der Waals surface area contributed by atoms with Crippen molar-refractivity contribution >= 4 is 44.3 Å². The van der Waals surface area contributed by atoms with E-state index in [1.54, 1.807) is 0 Å². The Bertz CT molecular complexity index is 600. The van der Waals surface area contributed by atoms with E-state index < -0.39 is 0 Å². The van der Waals surface area contributed by atoms with Crippen molar-refractivity contribution in [1.29, 1.82) is 0 Å². The largest absolute Gasteiger partial charge is 0.289 e. The molecule has 2 aromatic carbocycles. The van der Waals surface area contributed by atoms with E-state index in [0.717, 1.165) is 30.3 Å². The van der Waals surface area contributed by atoms with Gasteiger partial charge in [0.05, 0.1) is 0 Å². The molecule has 0 fully saturated rings. The molecule has 0 aliphatic carbocycles. The van der Waals surface area contributed by atoms with E-state index >= 15 is 0 Å². The van der Waals surface area contributed by atoms with Crippen molar-refractivity contribution in [3.8, 4) is 0 Å². The minimum Gasteiger partial charge on any atom is -0.289 e. The molecule has 0 aliphatic heterocycles. The summed E-state index contributed by atoms with van der Waals surface area (Å²) < 4.78 is 1.90. The standard InChI is InChI=1S/C15H12BrIO/c1-9-5-10(2)7-11(6-9)15(18)13-8-12(16)3-4-14(13)17/h3-8H,1-2H3. The molecule has 0 aliphatic rings. The van der Waals surface area contributed by atoms with Crippen LogP contribution in [0.2, 0.25) is 0 Å². The van der Waals surface area contributed by atoms with E-state index in [2.05, 4.69) is 44.6 Å². The fraction of sp³-hybridized carbons (Fsp3) is 0.133. The van der Waals surface area contributed by atoms with E-state index in [9.17, 15) is 4.79 Å². The average molecular weight is 415 g/mol. The van der Waals surface area contributed by atoms with E-state index in [4.69, 9.17) is 0 Å². The summed E-state index contributed by atoms with van der Waals surface area (Å²) in [4.78, 5) is 12.5. The van der Waals surface area contributed by atoms with Gasteiger partial charge in [0.2, 0.25) is 0 Å². The molecule has 0 N–H and O–H groups in total. The normalized spacial score (nSPS) is 10.4. The van der Waals surface area contributed by atoms with Gasteiger partial charge < -0.3 is 0 Å². The van der Waals surface area contributed by atoms with Gasteiger partial charge in [-0.25, -0.2) is 0 Å². The fourth-order valence-electron chi connectivity index (χ4n) is 1.93. The minimum atomic E-state index is 0.0764. The van der Waals surface area contributed by atoms with Crippen molar-refractivity contribution in [2.75, 3.05) is 0 Å². The maximum atomic E-state index is 12.5. The lowest BCUT2D eigenvalue weighted by Crippen LogP contribution is -2.04. The summed E-state index contributed by atoms with van der Waals surface area (Å²) in [5, 5.41) is 0. The first-order valence-corrected chi connectivity index (χ1v) is 7.42. The quantitative estimate of drug-likeness (QED) is 0.504. The Hall–Kier alpha value is -0.680. The highest BCUT2D eigenvalue weighted by atomic mass is 127. The molecule has 0 bridgehead atoms. The first kappa shape index (κ1) is 13.7. The number of aryl methyl sites for hydroxylation is 2. The molecule has 0 radical (unpaired) electrons. The number of rotatable bonds is 2. The van der Waals surface area contributed by atoms with Crippen molar-refractivity contribution in [2.24, 2.45) is 0 Å². The van der Waals surface area contributed by atoms with Crippen LogP contribution in [0.3, 0.4) is 0 Å². The Morgan fingerprint density at radius 2 is 1.67 bits per heavy atom. The van der Waals surface area contributed by atoms with Gasteiger partial charge in [0.15, 0.2) is 5.78 Å². The lowest BCUT2D eigenvalue weighted by Gasteiger charge is -2.07. The maximum Gasteiger partial charge on any atom is 0.194 e. The van der Waals surface area contributed by atoms with Crippen LogP contribution in [0.25, 0.3) is 0 Å². The number of hydrogen-bond acceptors (Lipinski definition) is 1. The number of carbonyl (C=O) groups excluding carboxylic acids is 1. The van der Waals surface area contributed by atoms with E-state index in [1.165, 1.54) is 0 Å². The maximum absolute atomic E-state index is 12.5. The predicted molar refractivity (Wildman–Crippen MR) is 86.2 cm³/mol. The molecule has 0 saturated carbocycles. The monoisotopic (exact) mass is 414 g/mol. The molecule has 0 spiro atoms. The molecule has 18 heavy (non-hydrogen) atoms. The Labute approximate surface area is 129 Å². The minimum absolute atomic E-state index is 0.0764. The molecule has 0 heterocycles. The SMILES string of the molecule is Cc1cc(C)cc(C(=O)c2cc(Br)ccc2I)c1. The number of benzene rings is 2. The number of halogens is 2. The van der Waals surface area contributed by atoms with Crippen LogP contribution in [0.5, 0.6) is 0 Å². The lowest BCUT2D eigenvalue weighted by molar-refractivity contribution is 0.103. The Morgan fingerprint density at radius 3 is 2.28 bits per heavy atom. The second-order valence-electron chi connectivity index (χ2n) is 4.33. The highest BCUT2D eigenvalue weighted by molar-refractivity contribution is 14.1. The van der Waals surface area contributed by atoms with Gasteiger partial charge >= 0.3 is 0 Å². The van der Waals surface area contributed by atoms with Crippen LogP contribution >= 0.6 is 38.5 Å². The molecule has 0 saturated heterocycles. The van der Waals surface area contributed by atoms with Gasteiger partial charge in [-0.3, -0.25) is 4.79 Å². The van der Waals surface area contributed by atoms with Gasteiger partial charge in [-0.2, -0.15) is 0 Å². The van der Waals surface area contributed by atoms with Crippen LogP contribution < -0.4 is 0 Å². The Morgan fingerprint density at radius 1 is 1.06 bits per heavy atom. The van der Waals surface area contributed by atoms with E-state index in [-0.39, 0.29) is 5.78 Å². The van der Waals surface area contributed by atoms with Crippen LogP contribution in [-0.4, -0.2) is 5.78 Å². The second-order valence-corrected chi connectivity index (χ2v) is 6.41. The van der Waals surface area contributed by atoms with Crippen molar-refractivity contribution in [2.45, 2.75) is 13.8 Å². The summed E-state index contributed by atoms with van der Waals surface area (Å²) in [6.45, 7) is 4.02. The van der Waals surface area contributed by atoms with E-state index in [1.807, 2.05) is 44.2 Å². The van der Waals surface area contributed by atoms with Gasteiger partial charge in [0.1, 0.15) is 0 Å². The third-order valence-corrected chi connectivity index (χ3v) is 4.09. The summed E-state index contributed by atoms with van der Waals surface area (Å²) in [7, 11) is 0. The average Bonchev–Trinajstić information content (AvgIpc) is 2.30. The predicted octanol–water partition coefficient (Wildman–Crippen LogP) is 4.90. The molecule has 2 rings (SSSR count). The second kappa shape index (κ2) is 5.53. The van der Waals surface area contributed by atoms with Gasteiger partial charge in [-0.05, 0) is 66.8 Å². The van der Waals surface area contributed by atoms with Crippen LogP contribution in [-0.2, 0) is 0 Å². The zero-order chi connectivity index (χ0) is 13.3. The van der Waals surface area contributed by atoms with Crippen molar-refractivity contribution < 1.29 is 4.79 Å². The van der Waals surface area contributed by atoms with E-state index in [0.29, 0.717) is 0 Å². The third kappa shape index (κ3) is 3.01. The van der Waals surface area contributed by atoms with Gasteiger partial charge in [0, 0.05) is 19.2 Å². The molecular formula is C15H12BrIO. The first-order valence-electron chi connectivity index (χ1n) is 5.55. The fourth-order valence-corrected chi connectivity index (χ4v) is 2.87. The number of ketones is 1. The Kier molecular flexibility index (Phi) is 4.22. The summed E-state index contributed by atoms with van der Waals surface area (Å²) in [6, 6.07) is 11.7. The molecular weight excluding hydrogens is 403 g/mol. The summed E-state index contributed by atoms with van der Waals surface area (Å²) >= 11 is 5.61. The molecule has 0 unspecified atom stereocenters. The summed E-state index contributed by atoms with van der Waals surface area (Å²) in [5.74, 6) is 0.0764. The highest BCUT2D eigenvalue weighted by Gasteiger charge is 2.13. The van der Waals surface area contributed by atoms with Crippen LogP contribution in [0.1, 0.15) is 27.0 Å². The smallest absolute Gasteiger partial charge is 0.194 e. The number of carbonyl (C=O) groups is 1. The molecule has 0 amide bonds. The number of hydrogen-bond donors (Lipinski definition) is 0. The van der Waals surface area contributed by atoms with Crippen LogP contribution in [0.15, 0.2) is 40.9 Å². The zero-order valence-corrected chi connectivity index (χ0v) is 13.9. The van der Waals surface area contributed by atoms with Crippen molar-refractivity contribution in [1.82, 2.24) is 0 Å². The molecule has 3 heteroatoms. The van der Waals surface area contributed by atoms with Crippen LogP contribution in [0, 0.1) is 17.4 Å². The van der Waals surface area contributed by atoms with Crippen molar-refractivity contribution in [3.05, 3.63) is 66.7 Å².